The summed E-state index contributed by atoms with van der Waals surface area (Å²) < 4.78 is 0. The van der Waals surface area contributed by atoms with E-state index in [-0.39, 0.29) is 10.3 Å². The fraction of sp³-hybridized carbons (Fsp3) is 0.263. The van der Waals surface area contributed by atoms with E-state index in [4.69, 9.17) is 0 Å². The standard InChI is InChI=1S/C38H42N2P2/c1-36(2,3)42(37(4,5)6)27-30-23-33(28-15-9-7-10-16-28)34(29-17-11-8-12-18-29)24-35(30)38(41,31-19-13-21-39-25-31)32-20-14-22-40-26-32/h7-26H,27,41H2,1-6H3. The van der Waals surface area contributed by atoms with Crippen molar-refractivity contribution in [2.75, 3.05) is 0 Å². The summed E-state index contributed by atoms with van der Waals surface area (Å²) in [7, 11) is 2.84. The van der Waals surface area contributed by atoms with Crippen LogP contribution in [0.3, 0.4) is 0 Å². The molecule has 0 N–H and O–H groups in total. The van der Waals surface area contributed by atoms with Crippen molar-refractivity contribution in [2.45, 2.75) is 63.2 Å². The van der Waals surface area contributed by atoms with Crippen molar-refractivity contribution in [3.8, 4) is 22.3 Å². The quantitative estimate of drug-likeness (QED) is 0.177. The highest BCUT2D eigenvalue weighted by Crippen LogP contribution is 2.62. The molecule has 0 aliphatic heterocycles. The Morgan fingerprint density at radius 1 is 0.595 bits per heavy atom. The molecule has 0 aliphatic rings. The van der Waals surface area contributed by atoms with Crippen LogP contribution in [0.15, 0.2) is 122 Å². The third-order valence-corrected chi connectivity index (χ3v) is 12.9. The summed E-state index contributed by atoms with van der Waals surface area (Å²) in [5.74, 6) is 0. The van der Waals surface area contributed by atoms with Gasteiger partial charge in [-0.05, 0) is 85.2 Å². The lowest BCUT2D eigenvalue weighted by Gasteiger charge is -2.43. The minimum absolute atomic E-state index is 0.183. The van der Waals surface area contributed by atoms with Gasteiger partial charge in [0, 0.05) is 24.8 Å². The van der Waals surface area contributed by atoms with Gasteiger partial charge in [-0.1, -0.05) is 122 Å². The molecular weight excluding hydrogens is 546 g/mol. The number of aromatic nitrogens is 2. The summed E-state index contributed by atoms with van der Waals surface area (Å²) in [6.45, 7) is 14.5. The summed E-state index contributed by atoms with van der Waals surface area (Å²) >= 11 is 0. The van der Waals surface area contributed by atoms with E-state index in [9.17, 15) is 0 Å². The van der Waals surface area contributed by atoms with Crippen molar-refractivity contribution >= 4 is 17.2 Å². The van der Waals surface area contributed by atoms with Crippen LogP contribution >= 0.6 is 17.2 Å². The van der Waals surface area contributed by atoms with Crippen molar-refractivity contribution in [2.24, 2.45) is 0 Å². The zero-order valence-corrected chi connectivity index (χ0v) is 27.7. The van der Waals surface area contributed by atoms with Gasteiger partial charge < -0.3 is 0 Å². The van der Waals surface area contributed by atoms with E-state index in [1.165, 1.54) is 33.4 Å². The lowest BCUT2D eigenvalue weighted by Crippen LogP contribution is -2.28. The van der Waals surface area contributed by atoms with Gasteiger partial charge in [-0.3, -0.25) is 9.97 Å². The zero-order valence-electron chi connectivity index (χ0n) is 25.7. The van der Waals surface area contributed by atoms with E-state index >= 15 is 0 Å². The molecule has 0 saturated heterocycles. The van der Waals surface area contributed by atoms with Crippen LogP contribution in [0.1, 0.15) is 63.8 Å². The smallest absolute Gasteiger partial charge is 0.0624 e. The Bertz CT molecular complexity index is 1550. The van der Waals surface area contributed by atoms with Gasteiger partial charge in [0.05, 0.1) is 5.16 Å². The zero-order chi connectivity index (χ0) is 30.0. The molecule has 1 unspecified atom stereocenters. The Balaban J connectivity index is 1.89. The van der Waals surface area contributed by atoms with Crippen LogP contribution < -0.4 is 0 Å². The maximum absolute atomic E-state index is 4.59. The summed E-state index contributed by atoms with van der Waals surface area (Å²) in [6.07, 6.45) is 8.74. The minimum atomic E-state index is -0.534. The first-order valence-corrected chi connectivity index (χ1v) is 16.8. The molecule has 3 aromatic carbocycles. The first-order chi connectivity index (χ1) is 20.0. The van der Waals surface area contributed by atoms with Crippen molar-refractivity contribution < 1.29 is 0 Å². The number of pyridine rings is 2. The Kier molecular flexibility index (Phi) is 8.80. The van der Waals surface area contributed by atoms with Crippen molar-refractivity contribution in [3.63, 3.8) is 0 Å². The van der Waals surface area contributed by atoms with E-state index in [0.717, 1.165) is 17.3 Å². The average molecular weight is 589 g/mol. The van der Waals surface area contributed by atoms with E-state index in [1.54, 1.807) is 0 Å². The Hall–Kier alpha value is -3.18. The number of hydrogen-bond donors (Lipinski definition) is 0. The van der Waals surface area contributed by atoms with Gasteiger partial charge in [-0.15, -0.1) is 9.24 Å². The number of hydrogen-bond acceptors (Lipinski definition) is 2. The summed E-state index contributed by atoms with van der Waals surface area (Å²) in [4.78, 5) is 9.17. The van der Waals surface area contributed by atoms with Crippen LogP contribution in [0, 0.1) is 0 Å². The third-order valence-electron chi connectivity index (χ3n) is 8.02. The molecule has 0 spiro atoms. The molecule has 5 rings (SSSR count). The van der Waals surface area contributed by atoms with E-state index < -0.39 is 13.1 Å². The highest BCUT2D eigenvalue weighted by atomic mass is 31.1. The van der Waals surface area contributed by atoms with Crippen molar-refractivity contribution in [3.05, 3.63) is 144 Å². The molecule has 0 bridgehead atoms. The highest BCUT2D eigenvalue weighted by molar-refractivity contribution is 7.60. The summed E-state index contributed by atoms with van der Waals surface area (Å²) in [6, 6.07) is 35.1. The van der Waals surface area contributed by atoms with Gasteiger partial charge in [0.15, 0.2) is 0 Å². The van der Waals surface area contributed by atoms with Gasteiger partial charge >= 0.3 is 0 Å². The molecule has 0 saturated carbocycles. The van der Waals surface area contributed by atoms with Gasteiger partial charge in [0.25, 0.3) is 0 Å². The Morgan fingerprint density at radius 3 is 1.45 bits per heavy atom. The predicted molar refractivity (Wildman–Crippen MR) is 186 cm³/mol. The largest absolute Gasteiger partial charge is 0.264 e. The first-order valence-electron chi connectivity index (χ1n) is 14.7. The molecule has 2 aromatic heterocycles. The van der Waals surface area contributed by atoms with Crippen LogP contribution in [0.4, 0.5) is 0 Å². The van der Waals surface area contributed by atoms with Gasteiger partial charge in [-0.25, -0.2) is 0 Å². The van der Waals surface area contributed by atoms with Gasteiger partial charge in [-0.2, -0.15) is 0 Å². The van der Waals surface area contributed by atoms with Crippen molar-refractivity contribution in [1.82, 2.24) is 9.97 Å². The van der Waals surface area contributed by atoms with Crippen LogP contribution in [-0.4, -0.2) is 20.3 Å². The molecule has 4 heteroatoms. The topological polar surface area (TPSA) is 25.8 Å². The molecule has 1 atom stereocenters. The minimum Gasteiger partial charge on any atom is -0.264 e. The van der Waals surface area contributed by atoms with E-state index in [0.29, 0.717) is 0 Å². The van der Waals surface area contributed by atoms with E-state index in [1.807, 2.05) is 36.9 Å². The number of benzene rings is 3. The maximum Gasteiger partial charge on any atom is 0.0624 e. The molecule has 5 aromatic rings. The summed E-state index contributed by atoms with van der Waals surface area (Å²) in [5, 5.41) is -0.169. The molecule has 0 amide bonds. The highest BCUT2D eigenvalue weighted by Gasteiger charge is 2.39. The van der Waals surface area contributed by atoms with Crippen LogP contribution in [0.5, 0.6) is 0 Å². The fourth-order valence-electron chi connectivity index (χ4n) is 6.18. The monoisotopic (exact) mass is 588 g/mol. The second-order valence-electron chi connectivity index (χ2n) is 13.0. The van der Waals surface area contributed by atoms with Crippen molar-refractivity contribution in [1.29, 1.82) is 0 Å². The van der Waals surface area contributed by atoms with E-state index in [2.05, 4.69) is 146 Å². The molecule has 2 nitrogen and oxygen atoms in total. The molecule has 0 aliphatic carbocycles. The number of rotatable bonds is 7. The molecule has 2 heterocycles. The normalized spacial score (nSPS) is 12.5. The lowest BCUT2D eigenvalue weighted by molar-refractivity contribution is 0.701. The molecule has 0 radical (unpaired) electrons. The lowest BCUT2D eigenvalue weighted by atomic mass is 9.80. The Labute approximate surface area is 256 Å². The Morgan fingerprint density at radius 2 is 1.05 bits per heavy atom. The molecule has 42 heavy (non-hydrogen) atoms. The predicted octanol–water partition coefficient (Wildman–Crippen LogP) is 10.6. The number of nitrogens with zero attached hydrogens (tertiary/aromatic N) is 2. The fourth-order valence-corrected chi connectivity index (χ4v) is 10.3. The third kappa shape index (κ3) is 6.27. The van der Waals surface area contributed by atoms with Crippen LogP contribution in [-0.2, 0) is 11.3 Å². The van der Waals surface area contributed by atoms with Gasteiger partial charge in [0.1, 0.15) is 0 Å². The average Bonchev–Trinajstić information content (AvgIpc) is 2.99. The summed E-state index contributed by atoms with van der Waals surface area (Å²) in [5.41, 5.74) is 9.87. The second-order valence-corrected chi connectivity index (χ2v) is 17.7. The second kappa shape index (κ2) is 12.2. The van der Waals surface area contributed by atoms with Gasteiger partial charge in [0.2, 0.25) is 0 Å². The maximum atomic E-state index is 4.59. The molecular formula is C38H42N2P2. The molecule has 0 fully saturated rings. The SMILES string of the molecule is CC(C)(C)P(Cc1cc(-c2ccccc2)c(-c2ccccc2)cc1C(P)(c1cccnc1)c1cccnc1)C(C)(C)C. The van der Waals surface area contributed by atoms with Crippen LogP contribution in [0.2, 0.25) is 0 Å². The van der Waals surface area contributed by atoms with Crippen LogP contribution in [0.25, 0.3) is 22.3 Å². The molecule has 214 valence electrons. The first kappa shape index (κ1) is 30.3.